The van der Waals surface area contributed by atoms with Gasteiger partial charge in [0.05, 0.1) is 0 Å². The van der Waals surface area contributed by atoms with E-state index in [1.165, 1.54) is 92.5 Å². The van der Waals surface area contributed by atoms with Crippen molar-refractivity contribution >= 4 is 49.8 Å². The molecule has 0 bridgehead atoms. The molecule has 0 spiro atoms. The van der Waals surface area contributed by atoms with Crippen molar-refractivity contribution in [3.63, 3.8) is 0 Å². The summed E-state index contributed by atoms with van der Waals surface area (Å²) in [5, 5.41) is 0. The molecule has 10 rings (SSSR count). The molecule has 6 aromatic rings. The van der Waals surface area contributed by atoms with E-state index in [-0.39, 0.29) is 0 Å². The van der Waals surface area contributed by atoms with E-state index in [0.29, 0.717) is 11.8 Å². The Kier molecular flexibility index (Phi) is 11.0. The van der Waals surface area contributed by atoms with Gasteiger partial charge in [-0.25, -0.2) is 0 Å². The van der Waals surface area contributed by atoms with E-state index >= 15 is 0 Å². The zero-order valence-electron chi connectivity index (χ0n) is 32.6. The quantitative estimate of drug-likeness (QED) is 0.142. The van der Waals surface area contributed by atoms with Gasteiger partial charge in [0.15, 0.2) is 0 Å². The molecule has 0 saturated carbocycles. The number of rotatable bonds is 8. The second-order valence-electron chi connectivity index (χ2n) is 16.0. The minimum absolute atomic E-state index is 0.308. The molecular formula is C50H46Cl2O2SiZr. The zero-order valence-corrected chi connectivity index (χ0v) is 37.6. The van der Waals surface area contributed by atoms with Gasteiger partial charge in [0.2, 0.25) is 0 Å². The maximum absolute atomic E-state index is 6.53. The number of hydrogen-bond acceptors (Lipinski definition) is 2. The van der Waals surface area contributed by atoms with Crippen LogP contribution in [0.1, 0.15) is 103 Å². The van der Waals surface area contributed by atoms with E-state index in [1.54, 1.807) is 22.3 Å². The predicted molar refractivity (Wildman–Crippen MR) is 232 cm³/mol. The van der Waals surface area contributed by atoms with Crippen molar-refractivity contribution in [2.75, 3.05) is 0 Å². The normalized spacial score (nSPS) is 17.5. The predicted octanol–water partition coefficient (Wildman–Crippen LogP) is 14.3. The fraction of sp³-hybridized carbons (Fsp3) is 0.280. The van der Waals surface area contributed by atoms with Gasteiger partial charge in [-0.2, -0.15) is 0 Å². The molecule has 4 aliphatic rings. The Morgan fingerprint density at radius 2 is 1.00 bits per heavy atom. The van der Waals surface area contributed by atoms with Gasteiger partial charge >= 0.3 is 37.9 Å². The van der Waals surface area contributed by atoms with E-state index < -0.39 is 20.8 Å². The van der Waals surface area contributed by atoms with Crippen LogP contribution in [0, 0.1) is 27.7 Å². The fourth-order valence-electron chi connectivity index (χ4n) is 9.90. The fourth-order valence-corrected chi connectivity index (χ4v) is 11.5. The van der Waals surface area contributed by atoms with Crippen LogP contribution in [0.4, 0.5) is 0 Å². The Morgan fingerprint density at radius 1 is 0.589 bits per heavy atom. The first-order chi connectivity index (χ1) is 27.3. The van der Waals surface area contributed by atoms with Gasteiger partial charge in [-0.05, 0) is 180 Å². The summed E-state index contributed by atoms with van der Waals surface area (Å²) in [6.07, 6.45) is 12.2. The van der Waals surface area contributed by atoms with Crippen LogP contribution in [-0.2, 0) is 46.5 Å². The maximum atomic E-state index is 6.53. The summed E-state index contributed by atoms with van der Waals surface area (Å²) in [4.78, 5) is 0. The summed E-state index contributed by atoms with van der Waals surface area (Å²) in [5.41, 5.74) is 22.8. The van der Waals surface area contributed by atoms with Crippen molar-refractivity contribution in [3.8, 4) is 22.3 Å². The number of allylic oxidation sites excluding steroid dienone is 2. The van der Waals surface area contributed by atoms with Crippen molar-refractivity contribution in [2.24, 2.45) is 0 Å². The molecule has 2 unspecified atom stereocenters. The summed E-state index contributed by atoms with van der Waals surface area (Å²) in [7, 11) is 10.6. The van der Waals surface area contributed by atoms with E-state index in [1.807, 2.05) is 0 Å². The number of benzene rings is 4. The van der Waals surface area contributed by atoms with E-state index in [0.717, 1.165) is 57.5 Å². The molecule has 0 aliphatic heterocycles. The summed E-state index contributed by atoms with van der Waals surface area (Å²) in [6.45, 7) is 8.56. The van der Waals surface area contributed by atoms with E-state index in [2.05, 4.69) is 125 Å². The van der Waals surface area contributed by atoms with Gasteiger partial charge in [0.25, 0.3) is 0 Å². The number of furan rings is 2. The van der Waals surface area contributed by atoms with Crippen molar-refractivity contribution in [1.82, 2.24) is 0 Å². The van der Waals surface area contributed by atoms with Crippen LogP contribution in [0.2, 0.25) is 12.1 Å². The Hall–Kier alpha value is -3.40. The van der Waals surface area contributed by atoms with Gasteiger partial charge < -0.3 is 8.83 Å². The summed E-state index contributed by atoms with van der Waals surface area (Å²) < 4.78 is 13.1. The van der Waals surface area contributed by atoms with E-state index in [4.69, 9.17) is 25.9 Å². The number of hydrogen-bond donors (Lipinski definition) is 0. The Balaban J connectivity index is 0.00000133. The van der Waals surface area contributed by atoms with Crippen molar-refractivity contribution in [3.05, 3.63) is 164 Å². The van der Waals surface area contributed by atoms with Gasteiger partial charge in [-0.1, -0.05) is 72.8 Å². The van der Waals surface area contributed by atoms with Gasteiger partial charge in [-0.3, -0.25) is 0 Å². The monoisotopic (exact) mass is 866 g/mol. The van der Waals surface area contributed by atoms with Crippen LogP contribution in [0.15, 0.2) is 93.8 Å². The van der Waals surface area contributed by atoms with E-state index in [9.17, 15) is 0 Å². The molecule has 2 atom stereocenters. The topological polar surface area (TPSA) is 26.3 Å². The first kappa shape index (κ1) is 38.1. The molecule has 6 heteroatoms. The zero-order chi connectivity index (χ0) is 38.5. The van der Waals surface area contributed by atoms with Crippen LogP contribution < -0.4 is 0 Å². The number of halogens is 2. The third-order valence-corrected chi connectivity index (χ3v) is 14.2. The molecule has 0 fully saturated rings. The standard InChI is InChI=1S/C50H46O2Si.2ClH.Zr/c1-29-21-47(51-31(29)3)41-25-43-39(23-35-17-11-19-37(35)49(43)33-13-7-5-8-14-33)45(41)27-53-28-46-40-24-36-18-12-20-38(36)50(34-15-9-6-10-16-34)44(40)26-42(46)48-22-30(2)32(4)52-48;;;/h5-10,13-16,21-26,45-46H,11-12,17-20,27-28H2,1-4H3;2*1H;/q;;;+2/p-2. The van der Waals surface area contributed by atoms with Crippen LogP contribution in [0.25, 0.3) is 45.6 Å². The molecule has 0 N–H and O–H groups in total. The average molecular weight is 869 g/mol. The number of fused-ring (bicyclic) bond motifs is 4. The third-order valence-electron chi connectivity index (χ3n) is 12.8. The molecule has 56 heavy (non-hydrogen) atoms. The molecule has 280 valence electrons. The van der Waals surface area contributed by atoms with Crippen molar-refractivity contribution in [1.29, 1.82) is 0 Å². The first-order valence-electron chi connectivity index (χ1n) is 20.1. The molecule has 2 heterocycles. The van der Waals surface area contributed by atoms with Gasteiger partial charge in [0, 0.05) is 32.5 Å². The molecule has 2 aromatic heterocycles. The molecular weight excluding hydrogens is 823 g/mol. The SMILES string of the molecule is Cc1cc(C2=Cc3c(cc4c(c3-c3ccccc3)CCC4)C2C[Si]CC2C(c3cc(C)c(C)o3)=Cc3c2cc2c(c3-c3ccccc3)CCC2)oc1C.[Cl][Zr][Cl]. The molecule has 2 nitrogen and oxygen atoms in total. The van der Waals surface area contributed by atoms with Crippen molar-refractivity contribution < 1.29 is 29.7 Å². The van der Waals surface area contributed by atoms with Crippen LogP contribution in [-0.4, -0.2) is 9.52 Å². The summed E-state index contributed by atoms with van der Waals surface area (Å²) in [6, 6.07) is 34.2. The van der Waals surface area contributed by atoms with Crippen molar-refractivity contribution in [2.45, 2.75) is 90.1 Å². The Bertz CT molecular complexity index is 2300. The third kappa shape index (κ3) is 6.87. The van der Waals surface area contributed by atoms with Crippen LogP contribution in [0.3, 0.4) is 0 Å². The first-order valence-corrected chi connectivity index (χ1v) is 27.8. The molecule has 0 amide bonds. The Morgan fingerprint density at radius 3 is 1.38 bits per heavy atom. The Labute approximate surface area is 352 Å². The summed E-state index contributed by atoms with van der Waals surface area (Å²) >= 11 is -0.826. The van der Waals surface area contributed by atoms with Crippen LogP contribution >= 0.6 is 17.0 Å². The second kappa shape index (κ2) is 16.1. The average Bonchev–Trinajstić information content (AvgIpc) is 4.07. The molecule has 4 aromatic carbocycles. The summed E-state index contributed by atoms with van der Waals surface area (Å²) in [5.74, 6) is 4.74. The molecule has 0 saturated heterocycles. The second-order valence-corrected chi connectivity index (χ2v) is 21.0. The molecule has 4 aliphatic carbocycles. The number of aryl methyl sites for hydroxylation is 6. The van der Waals surface area contributed by atoms with Crippen LogP contribution in [0.5, 0.6) is 0 Å². The minimum atomic E-state index is -0.826. The van der Waals surface area contributed by atoms with Gasteiger partial charge in [-0.15, -0.1) is 0 Å². The van der Waals surface area contributed by atoms with Gasteiger partial charge in [0.1, 0.15) is 23.0 Å². The molecule has 2 radical (unpaired) electrons.